The Morgan fingerprint density at radius 2 is 1.45 bits per heavy atom. The highest BCUT2D eigenvalue weighted by molar-refractivity contribution is 6.04. The first-order valence-electron chi connectivity index (χ1n) is 10.3. The third-order valence-electron chi connectivity index (χ3n) is 4.55. The molecule has 0 fully saturated rings. The van der Waals surface area contributed by atoms with Gasteiger partial charge in [0.2, 0.25) is 5.91 Å². The van der Waals surface area contributed by atoms with Crippen LogP contribution in [-0.4, -0.2) is 30.9 Å². The van der Waals surface area contributed by atoms with Crippen molar-refractivity contribution in [2.45, 2.75) is 13.3 Å². The second-order valence-electron chi connectivity index (χ2n) is 7.24. The Bertz CT molecular complexity index is 1110. The van der Waals surface area contributed by atoms with E-state index in [-0.39, 0.29) is 25.1 Å². The molecule has 0 spiro atoms. The normalized spacial score (nSPS) is 10.2. The van der Waals surface area contributed by atoms with Crippen LogP contribution in [0.1, 0.15) is 22.3 Å². The molecule has 0 saturated heterocycles. The molecule has 0 atom stereocenters. The molecule has 0 unspecified atom stereocenters. The number of primary amides is 1. The lowest BCUT2D eigenvalue weighted by Crippen LogP contribution is -2.29. The summed E-state index contributed by atoms with van der Waals surface area (Å²) in [6, 6.07) is 21.2. The van der Waals surface area contributed by atoms with Crippen LogP contribution in [0.2, 0.25) is 0 Å². The number of ether oxygens (including phenoxy) is 2. The Balaban J connectivity index is 1.51. The van der Waals surface area contributed by atoms with Gasteiger partial charge < -0.3 is 25.8 Å². The maximum absolute atomic E-state index is 12.3. The molecule has 3 aromatic rings. The highest BCUT2D eigenvalue weighted by Crippen LogP contribution is 2.24. The van der Waals surface area contributed by atoms with Crippen LogP contribution in [-0.2, 0) is 9.59 Å². The van der Waals surface area contributed by atoms with E-state index in [1.807, 2.05) is 31.2 Å². The summed E-state index contributed by atoms with van der Waals surface area (Å²) in [5, 5.41) is 5.26. The standard InChI is InChI=1S/C25H25N3O5/c1-17-6-8-19(9-7-17)33-20-12-10-18(11-13-20)32-16-24(30)28-22-5-3-2-4-21(22)25(31)27-15-14-23(26)29/h2-13H,14-16H2,1H3,(H2,26,29)(H,27,31)(H,28,30). The smallest absolute Gasteiger partial charge is 0.262 e. The number of hydrogen-bond acceptors (Lipinski definition) is 5. The van der Waals surface area contributed by atoms with E-state index in [9.17, 15) is 14.4 Å². The monoisotopic (exact) mass is 447 g/mol. The summed E-state index contributed by atoms with van der Waals surface area (Å²) in [5.41, 5.74) is 6.83. The van der Waals surface area contributed by atoms with Crippen molar-refractivity contribution in [3.05, 3.63) is 83.9 Å². The molecule has 3 rings (SSSR count). The zero-order valence-corrected chi connectivity index (χ0v) is 18.2. The maximum Gasteiger partial charge on any atom is 0.262 e. The van der Waals surface area contributed by atoms with Crippen LogP contribution in [0.25, 0.3) is 0 Å². The van der Waals surface area contributed by atoms with Gasteiger partial charge in [0, 0.05) is 13.0 Å². The highest BCUT2D eigenvalue weighted by Gasteiger charge is 2.13. The molecule has 0 aromatic heterocycles. The van der Waals surface area contributed by atoms with Crippen LogP contribution < -0.4 is 25.8 Å². The van der Waals surface area contributed by atoms with Gasteiger partial charge in [-0.3, -0.25) is 14.4 Å². The molecular formula is C25H25N3O5. The van der Waals surface area contributed by atoms with Gasteiger partial charge in [-0.15, -0.1) is 0 Å². The molecule has 33 heavy (non-hydrogen) atoms. The fourth-order valence-corrected chi connectivity index (χ4v) is 2.87. The van der Waals surface area contributed by atoms with Crippen molar-refractivity contribution >= 4 is 23.4 Å². The molecule has 0 saturated carbocycles. The topological polar surface area (TPSA) is 120 Å². The van der Waals surface area contributed by atoms with Crippen LogP contribution in [0.3, 0.4) is 0 Å². The van der Waals surface area contributed by atoms with E-state index in [2.05, 4.69) is 10.6 Å². The van der Waals surface area contributed by atoms with Crippen LogP contribution in [0.4, 0.5) is 5.69 Å². The number of carbonyl (C=O) groups excluding carboxylic acids is 3. The van der Waals surface area contributed by atoms with E-state index in [4.69, 9.17) is 15.2 Å². The lowest BCUT2D eigenvalue weighted by molar-refractivity contribution is -0.118. The summed E-state index contributed by atoms with van der Waals surface area (Å²) >= 11 is 0. The third kappa shape index (κ3) is 7.39. The Hall–Kier alpha value is -4.33. The lowest BCUT2D eigenvalue weighted by atomic mass is 10.1. The molecule has 0 radical (unpaired) electrons. The van der Waals surface area contributed by atoms with E-state index in [0.717, 1.165) is 11.3 Å². The Morgan fingerprint density at radius 3 is 2.12 bits per heavy atom. The number of rotatable bonds is 10. The molecule has 170 valence electrons. The molecule has 3 aromatic carbocycles. The number of nitrogens with two attached hydrogens (primary N) is 1. The highest BCUT2D eigenvalue weighted by atomic mass is 16.5. The maximum atomic E-state index is 12.3. The van der Waals surface area contributed by atoms with Gasteiger partial charge in [0.05, 0.1) is 11.3 Å². The van der Waals surface area contributed by atoms with E-state index in [1.165, 1.54) is 0 Å². The second kappa shape index (κ2) is 11.3. The van der Waals surface area contributed by atoms with Crippen molar-refractivity contribution in [3.63, 3.8) is 0 Å². The SMILES string of the molecule is Cc1ccc(Oc2ccc(OCC(=O)Nc3ccccc3C(=O)NCCC(N)=O)cc2)cc1. The first kappa shape index (κ1) is 23.3. The lowest BCUT2D eigenvalue weighted by Gasteiger charge is -2.12. The van der Waals surface area contributed by atoms with E-state index in [0.29, 0.717) is 17.2 Å². The fourth-order valence-electron chi connectivity index (χ4n) is 2.87. The Morgan fingerprint density at radius 1 is 0.848 bits per heavy atom. The molecule has 0 aliphatic rings. The van der Waals surface area contributed by atoms with Crippen LogP contribution >= 0.6 is 0 Å². The largest absolute Gasteiger partial charge is 0.484 e. The second-order valence-corrected chi connectivity index (χ2v) is 7.24. The minimum Gasteiger partial charge on any atom is -0.484 e. The predicted octanol–water partition coefficient (Wildman–Crippen LogP) is 3.41. The van der Waals surface area contributed by atoms with Crippen molar-refractivity contribution in [2.24, 2.45) is 5.73 Å². The molecule has 0 heterocycles. The average molecular weight is 447 g/mol. The number of carbonyl (C=O) groups is 3. The number of aryl methyl sites for hydroxylation is 1. The Kier molecular flexibility index (Phi) is 8.02. The summed E-state index contributed by atoms with van der Waals surface area (Å²) in [7, 11) is 0. The first-order valence-corrected chi connectivity index (χ1v) is 10.3. The minimum absolute atomic E-state index is 0.0307. The molecule has 0 aliphatic heterocycles. The molecule has 4 N–H and O–H groups in total. The minimum atomic E-state index is -0.510. The molecule has 3 amide bonds. The van der Waals surface area contributed by atoms with Gasteiger partial charge in [-0.25, -0.2) is 0 Å². The van der Waals surface area contributed by atoms with Gasteiger partial charge in [0.1, 0.15) is 17.2 Å². The third-order valence-corrected chi connectivity index (χ3v) is 4.55. The molecular weight excluding hydrogens is 422 g/mol. The van der Waals surface area contributed by atoms with Crippen LogP contribution in [0.5, 0.6) is 17.2 Å². The molecule has 0 aliphatic carbocycles. The van der Waals surface area contributed by atoms with Gasteiger partial charge >= 0.3 is 0 Å². The number of hydrogen-bond donors (Lipinski definition) is 3. The number of amides is 3. The van der Waals surface area contributed by atoms with Crippen molar-refractivity contribution < 1.29 is 23.9 Å². The van der Waals surface area contributed by atoms with E-state index >= 15 is 0 Å². The summed E-state index contributed by atoms with van der Waals surface area (Å²) in [4.78, 5) is 35.5. The molecule has 8 heteroatoms. The number of para-hydroxylation sites is 1. The zero-order valence-electron chi connectivity index (χ0n) is 18.2. The molecule has 8 nitrogen and oxygen atoms in total. The summed E-state index contributed by atoms with van der Waals surface area (Å²) in [6.07, 6.45) is 0.0307. The van der Waals surface area contributed by atoms with Gasteiger partial charge in [-0.1, -0.05) is 29.8 Å². The first-order chi connectivity index (χ1) is 15.9. The van der Waals surface area contributed by atoms with Crippen molar-refractivity contribution in [1.29, 1.82) is 0 Å². The van der Waals surface area contributed by atoms with E-state index < -0.39 is 17.7 Å². The fraction of sp³-hybridized carbons (Fsp3) is 0.160. The van der Waals surface area contributed by atoms with Crippen LogP contribution in [0.15, 0.2) is 72.8 Å². The van der Waals surface area contributed by atoms with Crippen molar-refractivity contribution in [3.8, 4) is 17.2 Å². The van der Waals surface area contributed by atoms with Crippen molar-refractivity contribution in [1.82, 2.24) is 5.32 Å². The quantitative estimate of drug-likeness (QED) is 0.440. The molecule has 0 bridgehead atoms. The van der Waals surface area contributed by atoms with Gasteiger partial charge in [0.15, 0.2) is 6.61 Å². The number of benzene rings is 3. The number of anilines is 1. The van der Waals surface area contributed by atoms with Crippen molar-refractivity contribution in [2.75, 3.05) is 18.5 Å². The Labute approximate surface area is 191 Å². The summed E-state index contributed by atoms with van der Waals surface area (Å²) in [6.45, 7) is 1.88. The number of nitrogens with one attached hydrogen (secondary N) is 2. The average Bonchev–Trinajstić information content (AvgIpc) is 2.80. The van der Waals surface area contributed by atoms with Gasteiger partial charge in [-0.05, 0) is 55.5 Å². The van der Waals surface area contributed by atoms with E-state index in [1.54, 1.807) is 48.5 Å². The summed E-state index contributed by atoms with van der Waals surface area (Å²) in [5.74, 6) is 0.519. The van der Waals surface area contributed by atoms with Gasteiger partial charge in [0.25, 0.3) is 11.8 Å². The predicted molar refractivity (Wildman–Crippen MR) is 124 cm³/mol. The zero-order chi connectivity index (χ0) is 23.6. The summed E-state index contributed by atoms with van der Waals surface area (Å²) < 4.78 is 11.3. The van der Waals surface area contributed by atoms with Crippen LogP contribution in [0, 0.1) is 6.92 Å². The van der Waals surface area contributed by atoms with Gasteiger partial charge in [-0.2, -0.15) is 0 Å².